The summed E-state index contributed by atoms with van der Waals surface area (Å²) < 4.78 is 5.70. The first-order valence-corrected chi connectivity index (χ1v) is 6.33. The molecule has 0 unspecified atom stereocenters. The number of ketones is 1. The van der Waals surface area contributed by atoms with E-state index in [9.17, 15) is 4.79 Å². The minimum absolute atomic E-state index is 0.0446. The summed E-state index contributed by atoms with van der Waals surface area (Å²) in [4.78, 5) is 11.1. The predicted molar refractivity (Wildman–Crippen MR) is 71.8 cm³/mol. The number of nitrogens with zero attached hydrogens (tertiary/aromatic N) is 1. The number of hydrogen-bond donors (Lipinski definition) is 2. The highest BCUT2D eigenvalue weighted by atomic mass is 35.5. The Morgan fingerprint density at radius 2 is 2.21 bits per heavy atom. The van der Waals surface area contributed by atoms with Crippen LogP contribution >= 0.6 is 11.6 Å². The third-order valence-corrected chi connectivity index (χ3v) is 3.61. The van der Waals surface area contributed by atoms with Crippen LogP contribution in [0.2, 0.25) is 5.02 Å². The van der Waals surface area contributed by atoms with E-state index in [4.69, 9.17) is 27.3 Å². The number of rotatable bonds is 4. The Kier molecular flexibility index (Phi) is 3.95. The Labute approximate surface area is 116 Å². The molecule has 2 rings (SSSR count). The molecule has 6 heteroatoms. The van der Waals surface area contributed by atoms with Gasteiger partial charge in [0.25, 0.3) is 0 Å². The number of Topliss-reactive ketones (excluding diaryl/α,β-unsaturated/α-hetero) is 1. The molecule has 0 aliphatic heterocycles. The molecule has 19 heavy (non-hydrogen) atoms. The second-order valence-corrected chi connectivity index (χ2v) is 5.05. The number of nitrogens with two attached hydrogens (primary N) is 1. The van der Waals surface area contributed by atoms with Crippen molar-refractivity contribution in [2.75, 3.05) is 0 Å². The largest absolute Gasteiger partial charge is 0.490 e. The maximum absolute atomic E-state index is 11.1. The van der Waals surface area contributed by atoms with E-state index in [0.29, 0.717) is 16.3 Å². The van der Waals surface area contributed by atoms with Gasteiger partial charge in [0.2, 0.25) is 0 Å². The van der Waals surface area contributed by atoms with Crippen LogP contribution in [0, 0.1) is 5.92 Å². The summed E-state index contributed by atoms with van der Waals surface area (Å²) in [6, 6.07) is 4.96. The zero-order valence-corrected chi connectivity index (χ0v) is 11.2. The van der Waals surface area contributed by atoms with Gasteiger partial charge in [-0.1, -0.05) is 16.8 Å². The van der Waals surface area contributed by atoms with Crippen LogP contribution in [0.5, 0.6) is 5.75 Å². The zero-order valence-electron chi connectivity index (χ0n) is 10.5. The standard InChI is InChI=1S/C13H15ClN2O3/c1-7(17)8-4-10(5-8)19-9-2-3-11(12(14)6-9)13(15)16-18/h2-3,6,8,10,18H,4-5H2,1H3,(H2,15,16)/t8-,10-. The average molecular weight is 283 g/mol. The van der Waals surface area contributed by atoms with E-state index in [1.807, 2.05) is 0 Å². The molecule has 0 heterocycles. The molecule has 0 bridgehead atoms. The van der Waals surface area contributed by atoms with Gasteiger partial charge in [0.05, 0.1) is 5.02 Å². The number of benzene rings is 1. The third kappa shape index (κ3) is 2.98. The van der Waals surface area contributed by atoms with Crippen LogP contribution in [-0.2, 0) is 4.79 Å². The summed E-state index contributed by atoms with van der Waals surface area (Å²) in [5.74, 6) is 0.903. The van der Waals surface area contributed by atoms with Crippen molar-refractivity contribution in [1.29, 1.82) is 0 Å². The number of oxime groups is 1. The first-order valence-electron chi connectivity index (χ1n) is 5.95. The molecular weight excluding hydrogens is 268 g/mol. The van der Waals surface area contributed by atoms with Crippen molar-refractivity contribution in [3.05, 3.63) is 28.8 Å². The van der Waals surface area contributed by atoms with Gasteiger partial charge in [0.15, 0.2) is 5.84 Å². The van der Waals surface area contributed by atoms with Gasteiger partial charge in [0, 0.05) is 11.5 Å². The molecule has 0 amide bonds. The van der Waals surface area contributed by atoms with Gasteiger partial charge >= 0.3 is 0 Å². The van der Waals surface area contributed by atoms with Crippen LogP contribution in [0.3, 0.4) is 0 Å². The zero-order chi connectivity index (χ0) is 14.0. The van der Waals surface area contributed by atoms with E-state index in [1.165, 1.54) is 0 Å². The maximum atomic E-state index is 11.1. The highest BCUT2D eigenvalue weighted by Crippen LogP contribution is 2.33. The number of ether oxygens (including phenoxy) is 1. The van der Waals surface area contributed by atoms with Gasteiger partial charge in [-0.3, -0.25) is 4.79 Å². The minimum Gasteiger partial charge on any atom is -0.490 e. The van der Waals surface area contributed by atoms with Crippen LogP contribution < -0.4 is 10.5 Å². The van der Waals surface area contributed by atoms with Gasteiger partial charge in [-0.2, -0.15) is 0 Å². The van der Waals surface area contributed by atoms with E-state index in [-0.39, 0.29) is 23.6 Å². The van der Waals surface area contributed by atoms with Gasteiger partial charge in [0.1, 0.15) is 17.6 Å². The molecule has 0 saturated heterocycles. The molecule has 5 nitrogen and oxygen atoms in total. The molecule has 0 spiro atoms. The molecular formula is C13H15ClN2O3. The Morgan fingerprint density at radius 1 is 1.53 bits per heavy atom. The van der Waals surface area contributed by atoms with Crippen molar-refractivity contribution < 1.29 is 14.7 Å². The predicted octanol–water partition coefficient (Wildman–Crippen LogP) is 2.18. The molecule has 1 aliphatic rings. The van der Waals surface area contributed by atoms with Crippen LogP contribution in [-0.4, -0.2) is 22.9 Å². The van der Waals surface area contributed by atoms with Crippen molar-refractivity contribution in [2.45, 2.75) is 25.9 Å². The number of amidine groups is 1. The first-order chi connectivity index (χ1) is 9.01. The lowest BCUT2D eigenvalue weighted by Gasteiger charge is -2.33. The second-order valence-electron chi connectivity index (χ2n) is 4.65. The van der Waals surface area contributed by atoms with Gasteiger partial charge in [-0.25, -0.2) is 0 Å². The monoisotopic (exact) mass is 282 g/mol. The van der Waals surface area contributed by atoms with Crippen LogP contribution in [0.1, 0.15) is 25.3 Å². The fraction of sp³-hybridized carbons (Fsp3) is 0.385. The van der Waals surface area contributed by atoms with Crippen molar-refractivity contribution >= 4 is 23.2 Å². The molecule has 1 fully saturated rings. The molecule has 0 atom stereocenters. The van der Waals surface area contributed by atoms with Crippen molar-refractivity contribution in [2.24, 2.45) is 16.8 Å². The molecule has 1 aromatic rings. The van der Waals surface area contributed by atoms with Crippen molar-refractivity contribution in [3.8, 4) is 5.75 Å². The number of carbonyl (C=O) groups excluding carboxylic acids is 1. The minimum atomic E-state index is -0.0446. The van der Waals surface area contributed by atoms with Crippen molar-refractivity contribution in [1.82, 2.24) is 0 Å². The SMILES string of the molecule is CC(=O)[C@H]1C[C@H](Oc2ccc(/C(N)=N/O)c(Cl)c2)C1. The van der Waals surface area contributed by atoms with E-state index in [0.717, 1.165) is 12.8 Å². The maximum Gasteiger partial charge on any atom is 0.171 e. The Balaban J connectivity index is 2.00. The van der Waals surface area contributed by atoms with Crippen LogP contribution in [0.15, 0.2) is 23.4 Å². The van der Waals surface area contributed by atoms with Gasteiger partial charge in [-0.15, -0.1) is 0 Å². The molecule has 0 aromatic heterocycles. The molecule has 1 saturated carbocycles. The topological polar surface area (TPSA) is 84.9 Å². The fourth-order valence-corrected chi connectivity index (χ4v) is 2.28. The van der Waals surface area contributed by atoms with Gasteiger partial charge < -0.3 is 15.7 Å². The molecule has 1 aliphatic carbocycles. The lowest BCUT2D eigenvalue weighted by atomic mass is 9.80. The fourth-order valence-electron chi connectivity index (χ4n) is 2.02. The average Bonchev–Trinajstić information content (AvgIpc) is 2.32. The van der Waals surface area contributed by atoms with Crippen molar-refractivity contribution in [3.63, 3.8) is 0 Å². The lowest BCUT2D eigenvalue weighted by molar-refractivity contribution is -0.126. The number of carbonyl (C=O) groups is 1. The molecule has 1 aromatic carbocycles. The quantitative estimate of drug-likeness (QED) is 0.384. The lowest BCUT2D eigenvalue weighted by Crippen LogP contribution is -2.37. The number of halogens is 1. The molecule has 3 N–H and O–H groups in total. The smallest absolute Gasteiger partial charge is 0.171 e. The normalized spacial score (nSPS) is 22.7. The Hall–Kier alpha value is -1.75. The third-order valence-electron chi connectivity index (χ3n) is 3.30. The Morgan fingerprint density at radius 3 is 2.74 bits per heavy atom. The van der Waals surface area contributed by atoms with E-state index >= 15 is 0 Å². The highest BCUT2D eigenvalue weighted by Gasteiger charge is 2.33. The van der Waals surface area contributed by atoms with E-state index < -0.39 is 0 Å². The van der Waals surface area contributed by atoms with E-state index in [1.54, 1.807) is 25.1 Å². The summed E-state index contributed by atoms with van der Waals surface area (Å²) in [7, 11) is 0. The van der Waals surface area contributed by atoms with Crippen LogP contribution in [0.25, 0.3) is 0 Å². The molecule has 0 radical (unpaired) electrons. The van der Waals surface area contributed by atoms with E-state index in [2.05, 4.69) is 5.16 Å². The summed E-state index contributed by atoms with van der Waals surface area (Å²) in [6.07, 6.45) is 1.55. The molecule has 102 valence electrons. The summed E-state index contributed by atoms with van der Waals surface area (Å²) in [5.41, 5.74) is 5.92. The summed E-state index contributed by atoms with van der Waals surface area (Å²) in [5, 5.41) is 11.9. The summed E-state index contributed by atoms with van der Waals surface area (Å²) in [6.45, 7) is 1.60. The van der Waals surface area contributed by atoms with Gasteiger partial charge in [-0.05, 0) is 38.0 Å². The number of hydrogen-bond acceptors (Lipinski definition) is 4. The highest BCUT2D eigenvalue weighted by molar-refractivity contribution is 6.34. The second kappa shape index (κ2) is 5.48. The first kappa shape index (κ1) is 13.7. The summed E-state index contributed by atoms with van der Waals surface area (Å²) >= 11 is 6.02. The van der Waals surface area contributed by atoms with Crippen LogP contribution in [0.4, 0.5) is 0 Å². The Bertz CT molecular complexity index is 525.